The molecule has 0 fully saturated rings. The van der Waals surface area contributed by atoms with E-state index in [4.69, 9.17) is 10.8 Å². The summed E-state index contributed by atoms with van der Waals surface area (Å²) in [5.41, 5.74) is 6.48. The number of hydrogen-bond acceptors (Lipinski definition) is 3. The minimum atomic E-state index is -1.19. The molecule has 0 heterocycles. The van der Waals surface area contributed by atoms with Gasteiger partial charge < -0.3 is 16.2 Å². The van der Waals surface area contributed by atoms with Gasteiger partial charge in [-0.2, -0.15) is 0 Å². The monoisotopic (exact) mass is 278 g/mol. The lowest BCUT2D eigenvalue weighted by atomic mass is 10.1. The van der Waals surface area contributed by atoms with Crippen molar-refractivity contribution in [2.24, 2.45) is 0 Å². The third-order valence-electron chi connectivity index (χ3n) is 2.85. The van der Waals surface area contributed by atoms with Crippen molar-refractivity contribution in [3.05, 3.63) is 53.1 Å². The Labute approximate surface area is 113 Å². The second-order valence-electron chi connectivity index (χ2n) is 4.29. The molecule has 0 aliphatic rings. The van der Waals surface area contributed by atoms with Crippen molar-refractivity contribution in [1.82, 2.24) is 0 Å². The Kier molecular flexibility index (Phi) is 3.56. The highest BCUT2D eigenvalue weighted by molar-refractivity contribution is 5.96. The largest absolute Gasteiger partial charge is 0.478 e. The Bertz CT molecular complexity index is 687. The van der Waals surface area contributed by atoms with Crippen LogP contribution in [0.5, 0.6) is 0 Å². The van der Waals surface area contributed by atoms with Gasteiger partial charge in [0.25, 0.3) is 0 Å². The van der Waals surface area contributed by atoms with Crippen molar-refractivity contribution in [2.45, 2.75) is 6.92 Å². The standard InChI is InChI=1S/C14H12F2N2O2/c1-7-5-8(6-9(13(7)17)14(19)20)18-11-4-2-3-10(15)12(11)16/h2-6,18H,17H2,1H3,(H,19,20). The van der Waals surface area contributed by atoms with Crippen LogP contribution in [0, 0.1) is 18.6 Å². The fraction of sp³-hybridized carbons (Fsp3) is 0.0714. The van der Waals surface area contributed by atoms with Crippen molar-refractivity contribution in [2.75, 3.05) is 11.1 Å². The highest BCUT2D eigenvalue weighted by Crippen LogP contribution is 2.27. The van der Waals surface area contributed by atoms with Crippen LogP contribution in [-0.2, 0) is 0 Å². The molecule has 0 radical (unpaired) electrons. The average Bonchev–Trinajstić information content (AvgIpc) is 2.38. The number of anilines is 3. The summed E-state index contributed by atoms with van der Waals surface area (Å²) in [6.45, 7) is 1.63. The summed E-state index contributed by atoms with van der Waals surface area (Å²) in [6.07, 6.45) is 0. The number of rotatable bonds is 3. The average molecular weight is 278 g/mol. The minimum absolute atomic E-state index is 0.0782. The molecule has 0 aliphatic carbocycles. The maximum absolute atomic E-state index is 13.5. The number of carbonyl (C=O) groups is 1. The van der Waals surface area contributed by atoms with E-state index >= 15 is 0 Å². The van der Waals surface area contributed by atoms with Crippen LogP contribution in [0.2, 0.25) is 0 Å². The van der Waals surface area contributed by atoms with E-state index in [0.29, 0.717) is 11.3 Å². The van der Waals surface area contributed by atoms with E-state index < -0.39 is 17.6 Å². The van der Waals surface area contributed by atoms with Crippen molar-refractivity contribution >= 4 is 23.0 Å². The van der Waals surface area contributed by atoms with Gasteiger partial charge in [0.05, 0.1) is 11.3 Å². The predicted molar refractivity (Wildman–Crippen MR) is 72.2 cm³/mol. The van der Waals surface area contributed by atoms with E-state index in [2.05, 4.69) is 5.32 Å². The summed E-state index contributed by atoms with van der Waals surface area (Å²) in [7, 11) is 0. The van der Waals surface area contributed by atoms with Crippen LogP contribution < -0.4 is 11.1 Å². The summed E-state index contributed by atoms with van der Waals surface area (Å²) >= 11 is 0. The lowest BCUT2D eigenvalue weighted by Gasteiger charge is -2.12. The van der Waals surface area contributed by atoms with E-state index in [0.717, 1.165) is 6.07 Å². The van der Waals surface area contributed by atoms with Crippen LogP contribution in [0.25, 0.3) is 0 Å². The van der Waals surface area contributed by atoms with E-state index in [1.165, 1.54) is 18.2 Å². The fourth-order valence-electron chi connectivity index (χ4n) is 1.80. The number of carboxylic acid groups (broad SMARTS) is 1. The number of aromatic carboxylic acids is 1. The molecule has 2 aromatic rings. The zero-order valence-electron chi connectivity index (χ0n) is 10.6. The van der Waals surface area contributed by atoms with E-state index in [1.54, 1.807) is 13.0 Å². The number of nitrogens with two attached hydrogens (primary N) is 1. The van der Waals surface area contributed by atoms with Crippen LogP contribution in [-0.4, -0.2) is 11.1 Å². The van der Waals surface area contributed by atoms with E-state index in [1.807, 2.05) is 0 Å². The highest BCUT2D eigenvalue weighted by atomic mass is 19.2. The summed E-state index contributed by atoms with van der Waals surface area (Å²) in [4.78, 5) is 11.1. The molecular formula is C14H12F2N2O2. The topological polar surface area (TPSA) is 75.3 Å². The van der Waals surface area contributed by atoms with Crippen molar-refractivity contribution in [3.63, 3.8) is 0 Å². The normalized spacial score (nSPS) is 10.3. The molecule has 0 bridgehead atoms. The van der Waals surface area contributed by atoms with Gasteiger partial charge in [0, 0.05) is 11.4 Å². The van der Waals surface area contributed by atoms with Gasteiger partial charge in [-0.25, -0.2) is 13.6 Å². The van der Waals surface area contributed by atoms with Gasteiger partial charge in [-0.05, 0) is 36.8 Å². The van der Waals surface area contributed by atoms with Gasteiger partial charge in [-0.3, -0.25) is 0 Å². The molecular weight excluding hydrogens is 266 g/mol. The van der Waals surface area contributed by atoms with Gasteiger partial charge in [-0.1, -0.05) is 6.07 Å². The zero-order chi connectivity index (χ0) is 14.9. The molecule has 4 nitrogen and oxygen atoms in total. The van der Waals surface area contributed by atoms with E-state index in [-0.39, 0.29) is 16.9 Å². The second kappa shape index (κ2) is 5.16. The molecule has 20 heavy (non-hydrogen) atoms. The number of aryl methyl sites for hydroxylation is 1. The lowest BCUT2D eigenvalue weighted by molar-refractivity contribution is 0.0698. The molecule has 0 saturated heterocycles. The van der Waals surface area contributed by atoms with Gasteiger partial charge >= 0.3 is 5.97 Å². The maximum Gasteiger partial charge on any atom is 0.337 e. The van der Waals surface area contributed by atoms with Crippen LogP contribution in [0.4, 0.5) is 25.8 Å². The molecule has 0 spiro atoms. The lowest BCUT2D eigenvalue weighted by Crippen LogP contribution is -2.06. The van der Waals surface area contributed by atoms with Gasteiger partial charge in [0.15, 0.2) is 11.6 Å². The zero-order valence-corrected chi connectivity index (χ0v) is 10.6. The predicted octanol–water partition coefficient (Wildman–Crippen LogP) is 3.30. The number of nitrogens with one attached hydrogen (secondary N) is 1. The highest BCUT2D eigenvalue weighted by Gasteiger charge is 2.13. The molecule has 0 saturated carbocycles. The van der Waals surface area contributed by atoms with Gasteiger partial charge in [0.1, 0.15) is 0 Å². The molecule has 0 unspecified atom stereocenters. The molecule has 4 N–H and O–H groups in total. The maximum atomic E-state index is 13.5. The summed E-state index contributed by atoms with van der Waals surface area (Å²) in [5, 5.41) is 11.7. The Morgan fingerprint density at radius 2 is 2.00 bits per heavy atom. The summed E-state index contributed by atoms with van der Waals surface area (Å²) in [6, 6.07) is 6.53. The smallest absolute Gasteiger partial charge is 0.337 e. The number of hydrogen-bond donors (Lipinski definition) is 3. The molecule has 0 aromatic heterocycles. The number of benzene rings is 2. The SMILES string of the molecule is Cc1cc(Nc2cccc(F)c2F)cc(C(=O)O)c1N. The third kappa shape index (κ3) is 2.54. The molecule has 6 heteroatoms. The third-order valence-corrected chi connectivity index (χ3v) is 2.85. The number of halogens is 2. The summed E-state index contributed by atoms with van der Waals surface area (Å²) in [5.74, 6) is -3.20. The molecule has 0 amide bonds. The quantitative estimate of drug-likeness (QED) is 0.753. The first-order valence-corrected chi connectivity index (χ1v) is 5.74. The van der Waals surface area contributed by atoms with Crippen LogP contribution in [0.1, 0.15) is 15.9 Å². The first kappa shape index (κ1) is 13.8. The van der Waals surface area contributed by atoms with Crippen LogP contribution >= 0.6 is 0 Å². The molecule has 0 aliphatic heterocycles. The first-order chi connectivity index (χ1) is 9.40. The number of nitrogen functional groups attached to an aromatic ring is 1. The Hall–Kier alpha value is -2.63. The van der Waals surface area contributed by atoms with E-state index in [9.17, 15) is 13.6 Å². The van der Waals surface area contributed by atoms with Crippen LogP contribution in [0.3, 0.4) is 0 Å². The van der Waals surface area contributed by atoms with Crippen molar-refractivity contribution in [1.29, 1.82) is 0 Å². The molecule has 2 rings (SSSR count). The number of carboxylic acids is 1. The molecule has 2 aromatic carbocycles. The Morgan fingerprint density at radius 1 is 1.30 bits per heavy atom. The van der Waals surface area contributed by atoms with Gasteiger partial charge in [-0.15, -0.1) is 0 Å². The van der Waals surface area contributed by atoms with Crippen molar-refractivity contribution in [3.8, 4) is 0 Å². The Morgan fingerprint density at radius 3 is 2.65 bits per heavy atom. The Balaban J connectivity index is 2.44. The van der Waals surface area contributed by atoms with Crippen LogP contribution in [0.15, 0.2) is 30.3 Å². The summed E-state index contributed by atoms with van der Waals surface area (Å²) < 4.78 is 26.7. The van der Waals surface area contributed by atoms with Crippen molar-refractivity contribution < 1.29 is 18.7 Å². The minimum Gasteiger partial charge on any atom is -0.478 e. The second-order valence-corrected chi connectivity index (χ2v) is 4.29. The molecule has 104 valence electrons. The van der Waals surface area contributed by atoms with Gasteiger partial charge in [0.2, 0.25) is 0 Å². The fourth-order valence-corrected chi connectivity index (χ4v) is 1.80. The molecule has 0 atom stereocenters. The first-order valence-electron chi connectivity index (χ1n) is 5.74.